The molecule has 15 heavy (non-hydrogen) atoms. The van der Waals surface area contributed by atoms with Gasteiger partial charge < -0.3 is 15.7 Å². The number of carbonyl (C=O) groups excluding carboxylic acids is 1. The van der Waals surface area contributed by atoms with Crippen LogP contribution >= 0.6 is 0 Å². The molecule has 0 atom stereocenters. The third-order valence-electron chi connectivity index (χ3n) is 1.54. The Morgan fingerprint density at radius 1 is 1.60 bits per heavy atom. The van der Waals surface area contributed by atoms with E-state index in [1.54, 1.807) is 6.07 Å². The molecule has 5 heteroatoms. The minimum absolute atomic E-state index is 0.0177. The number of hydrogen-bond donors (Lipinski definition) is 3. The van der Waals surface area contributed by atoms with E-state index in [0.29, 0.717) is 19.0 Å². The Balaban J connectivity index is 4.11. The summed E-state index contributed by atoms with van der Waals surface area (Å²) in [6.07, 6.45) is 1.31. The van der Waals surface area contributed by atoms with Crippen molar-refractivity contribution in [2.45, 2.75) is 13.8 Å². The zero-order chi connectivity index (χ0) is 11.7. The lowest BCUT2D eigenvalue weighted by molar-refractivity contribution is -0.117. The van der Waals surface area contributed by atoms with Crippen molar-refractivity contribution < 1.29 is 9.90 Å². The number of rotatable bonds is 6. The first-order valence-electron chi connectivity index (χ1n) is 4.84. The van der Waals surface area contributed by atoms with Crippen molar-refractivity contribution in [1.29, 1.82) is 5.26 Å². The van der Waals surface area contributed by atoms with Gasteiger partial charge in [0.2, 0.25) is 0 Å². The number of nitriles is 1. The fourth-order valence-corrected chi connectivity index (χ4v) is 0.779. The SMILES string of the molecule is CC(C)CNC(=O)/C(C#N)=C\NCCO. The Morgan fingerprint density at radius 2 is 2.27 bits per heavy atom. The number of carbonyl (C=O) groups is 1. The first-order valence-corrected chi connectivity index (χ1v) is 4.84. The Morgan fingerprint density at radius 3 is 2.73 bits per heavy atom. The normalized spacial score (nSPS) is 11.0. The monoisotopic (exact) mass is 211 g/mol. The minimum atomic E-state index is -0.392. The lowest BCUT2D eigenvalue weighted by Gasteiger charge is -2.06. The second kappa shape index (κ2) is 7.83. The van der Waals surface area contributed by atoms with Crippen LogP contribution in [0.3, 0.4) is 0 Å². The molecule has 0 aliphatic heterocycles. The molecule has 0 fully saturated rings. The number of nitrogens with one attached hydrogen (secondary N) is 2. The van der Waals surface area contributed by atoms with Gasteiger partial charge in [-0.25, -0.2) is 0 Å². The van der Waals surface area contributed by atoms with Crippen molar-refractivity contribution in [3.8, 4) is 6.07 Å². The molecule has 5 nitrogen and oxygen atoms in total. The minimum Gasteiger partial charge on any atom is -0.395 e. The van der Waals surface area contributed by atoms with Gasteiger partial charge in [0.05, 0.1) is 6.61 Å². The van der Waals surface area contributed by atoms with E-state index in [1.165, 1.54) is 6.20 Å². The van der Waals surface area contributed by atoms with Crippen molar-refractivity contribution >= 4 is 5.91 Å². The molecular weight excluding hydrogens is 194 g/mol. The molecule has 1 amide bonds. The third-order valence-corrected chi connectivity index (χ3v) is 1.54. The lowest BCUT2D eigenvalue weighted by atomic mass is 10.2. The number of hydrogen-bond acceptors (Lipinski definition) is 4. The van der Waals surface area contributed by atoms with Crippen molar-refractivity contribution in [3.05, 3.63) is 11.8 Å². The molecular formula is C10H17N3O2. The maximum absolute atomic E-state index is 11.4. The van der Waals surface area contributed by atoms with E-state index in [2.05, 4.69) is 10.6 Å². The molecule has 0 unspecified atom stereocenters. The summed E-state index contributed by atoms with van der Waals surface area (Å²) in [4.78, 5) is 11.4. The smallest absolute Gasteiger partial charge is 0.263 e. The van der Waals surface area contributed by atoms with Crippen LogP contribution in [0.2, 0.25) is 0 Å². The van der Waals surface area contributed by atoms with E-state index in [0.717, 1.165) is 0 Å². The van der Waals surface area contributed by atoms with Gasteiger partial charge in [-0.3, -0.25) is 4.79 Å². The molecule has 0 aliphatic carbocycles. The number of nitrogens with zero attached hydrogens (tertiary/aromatic N) is 1. The van der Waals surface area contributed by atoms with Crippen LogP contribution in [0.25, 0.3) is 0 Å². The zero-order valence-corrected chi connectivity index (χ0v) is 9.08. The number of aliphatic hydroxyl groups excluding tert-OH is 1. The predicted molar refractivity (Wildman–Crippen MR) is 56.6 cm³/mol. The van der Waals surface area contributed by atoms with Crippen molar-refractivity contribution in [2.75, 3.05) is 19.7 Å². The van der Waals surface area contributed by atoms with Gasteiger partial charge in [0.1, 0.15) is 11.6 Å². The van der Waals surface area contributed by atoms with E-state index < -0.39 is 5.91 Å². The summed E-state index contributed by atoms with van der Waals surface area (Å²) in [5, 5.41) is 22.5. The highest BCUT2D eigenvalue weighted by atomic mass is 16.3. The maximum Gasteiger partial charge on any atom is 0.263 e. The fourth-order valence-electron chi connectivity index (χ4n) is 0.779. The highest BCUT2D eigenvalue weighted by Gasteiger charge is 2.08. The molecule has 0 spiro atoms. The summed E-state index contributed by atoms with van der Waals surface area (Å²) in [6.45, 7) is 4.77. The quantitative estimate of drug-likeness (QED) is 0.321. The van der Waals surface area contributed by atoms with Gasteiger partial charge in [-0.05, 0) is 5.92 Å². The first-order chi connectivity index (χ1) is 7.11. The highest BCUT2D eigenvalue weighted by molar-refractivity contribution is 5.97. The molecule has 0 aromatic heterocycles. The first kappa shape index (κ1) is 13.5. The molecule has 0 radical (unpaired) electrons. The van der Waals surface area contributed by atoms with Crippen LogP contribution in [-0.2, 0) is 4.79 Å². The Bertz CT molecular complexity index is 266. The standard InChI is InChI=1S/C10H17N3O2/c1-8(2)6-13-10(15)9(5-11)7-12-3-4-14/h7-8,12,14H,3-4,6H2,1-2H3,(H,13,15)/b9-7-. The summed E-state index contributed by atoms with van der Waals surface area (Å²) < 4.78 is 0. The van der Waals surface area contributed by atoms with Crippen LogP contribution in [0.4, 0.5) is 0 Å². The van der Waals surface area contributed by atoms with Gasteiger partial charge in [-0.1, -0.05) is 13.8 Å². The average molecular weight is 211 g/mol. The topological polar surface area (TPSA) is 85.2 Å². The Kier molecular flexibility index (Phi) is 7.02. The van der Waals surface area contributed by atoms with Gasteiger partial charge >= 0.3 is 0 Å². The van der Waals surface area contributed by atoms with Crippen LogP contribution in [0, 0.1) is 17.2 Å². The Hall–Kier alpha value is -1.54. The van der Waals surface area contributed by atoms with Crippen molar-refractivity contribution in [3.63, 3.8) is 0 Å². The largest absolute Gasteiger partial charge is 0.395 e. The summed E-state index contributed by atoms with van der Waals surface area (Å²) in [5.41, 5.74) is 0.0177. The van der Waals surface area contributed by atoms with Crippen LogP contribution in [0.5, 0.6) is 0 Å². The number of aliphatic hydroxyl groups is 1. The second-order valence-corrected chi connectivity index (χ2v) is 3.45. The summed E-state index contributed by atoms with van der Waals surface area (Å²) in [7, 11) is 0. The number of amides is 1. The molecule has 0 saturated carbocycles. The molecule has 0 aromatic rings. The van der Waals surface area contributed by atoms with Crippen LogP contribution < -0.4 is 10.6 Å². The molecule has 0 aliphatic rings. The predicted octanol–water partition coefficient (Wildman–Crippen LogP) is -0.252. The van der Waals surface area contributed by atoms with Gasteiger partial charge in [-0.2, -0.15) is 5.26 Å². The summed E-state index contributed by atoms with van der Waals surface area (Å²) in [5.74, 6) is -0.0454. The molecule has 84 valence electrons. The molecule has 0 heterocycles. The molecule has 0 rings (SSSR count). The van der Waals surface area contributed by atoms with Gasteiger partial charge in [0, 0.05) is 19.3 Å². The Labute approximate surface area is 89.8 Å². The molecule has 3 N–H and O–H groups in total. The van der Waals surface area contributed by atoms with Gasteiger partial charge in [0.25, 0.3) is 5.91 Å². The fraction of sp³-hybridized carbons (Fsp3) is 0.600. The summed E-state index contributed by atoms with van der Waals surface area (Å²) in [6, 6.07) is 1.79. The van der Waals surface area contributed by atoms with E-state index in [-0.39, 0.29) is 12.2 Å². The van der Waals surface area contributed by atoms with Crippen LogP contribution in [0.15, 0.2) is 11.8 Å². The van der Waals surface area contributed by atoms with Crippen LogP contribution in [0.1, 0.15) is 13.8 Å². The van der Waals surface area contributed by atoms with Crippen molar-refractivity contribution in [2.24, 2.45) is 5.92 Å². The van der Waals surface area contributed by atoms with Gasteiger partial charge in [0.15, 0.2) is 0 Å². The van der Waals surface area contributed by atoms with E-state index in [4.69, 9.17) is 10.4 Å². The second-order valence-electron chi connectivity index (χ2n) is 3.45. The van der Waals surface area contributed by atoms with E-state index in [1.807, 2.05) is 13.8 Å². The molecule has 0 bridgehead atoms. The van der Waals surface area contributed by atoms with Crippen molar-refractivity contribution in [1.82, 2.24) is 10.6 Å². The highest BCUT2D eigenvalue weighted by Crippen LogP contribution is 1.93. The van der Waals surface area contributed by atoms with E-state index >= 15 is 0 Å². The van der Waals surface area contributed by atoms with E-state index in [9.17, 15) is 4.79 Å². The zero-order valence-electron chi connectivity index (χ0n) is 9.08. The lowest BCUT2D eigenvalue weighted by Crippen LogP contribution is -2.29. The van der Waals surface area contributed by atoms with Crippen LogP contribution in [-0.4, -0.2) is 30.7 Å². The third kappa shape index (κ3) is 6.52. The molecule has 0 saturated heterocycles. The van der Waals surface area contributed by atoms with Gasteiger partial charge in [-0.15, -0.1) is 0 Å². The molecule has 0 aromatic carbocycles. The average Bonchev–Trinajstić information content (AvgIpc) is 2.21. The summed E-state index contributed by atoms with van der Waals surface area (Å²) >= 11 is 0. The maximum atomic E-state index is 11.4.